The minimum Gasteiger partial charge on any atom is -0.465 e. The van der Waals surface area contributed by atoms with E-state index < -0.39 is 0 Å². The van der Waals surface area contributed by atoms with E-state index in [1.165, 1.54) is 7.11 Å². The third kappa shape index (κ3) is 4.17. The molecule has 6 heteroatoms. The van der Waals surface area contributed by atoms with Crippen molar-refractivity contribution in [3.63, 3.8) is 0 Å². The minimum atomic E-state index is -0.345. The number of esters is 1. The van der Waals surface area contributed by atoms with Crippen LogP contribution in [0.5, 0.6) is 0 Å². The molecular weight excluding hydrogens is 341 g/mol. The third-order valence-corrected chi connectivity index (χ3v) is 5.31. The summed E-state index contributed by atoms with van der Waals surface area (Å²) >= 11 is 0. The fourth-order valence-electron chi connectivity index (χ4n) is 2.82. The van der Waals surface area contributed by atoms with Gasteiger partial charge in [-0.15, -0.1) is 0 Å². The highest BCUT2D eigenvalue weighted by atomic mass is 16.7. The zero-order chi connectivity index (χ0) is 19.7. The Hall–Kier alpha value is -2.31. The molecule has 0 unspecified atom stereocenters. The van der Waals surface area contributed by atoms with Crippen LogP contribution >= 0.6 is 0 Å². The molecule has 27 heavy (non-hydrogen) atoms. The fraction of sp³-hybridized carbons (Fsp3) is 0.381. The molecule has 0 aliphatic carbocycles. The second kappa shape index (κ2) is 7.37. The molecular formula is C21H26BNO4. The molecule has 0 bridgehead atoms. The normalized spacial score (nSPS) is 17.6. The van der Waals surface area contributed by atoms with Gasteiger partial charge in [-0.3, -0.25) is 0 Å². The quantitative estimate of drug-likeness (QED) is 0.649. The highest BCUT2D eigenvalue weighted by Gasteiger charge is 2.51. The number of carbonyl (C=O) groups is 1. The van der Waals surface area contributed by atoms with Gasteiger partial charge in [-0.05, 0) is 63.0 Å². The van der Waals surface area contributed by atoms with Crippen molar-refractivity contribution in [1.82, 2.24) is 0 Å². The molecule has 1 heterocycles. The Balaban J connectivity index is 1.59. The summed E-state index contributed by atoms with van der Waals surface area (Å²) in [5.41, 5.74) is 2.96. The molecule has 0 atom stereocenters. The largest absolute Gasteiger partial charge is 0.494 e. The molecule has 2 aromatic carbocycles. The van der Waals surface area contributed by atoms with Gasteiger partial charge in [0.05, 0.1) is 23.9 Å². The van der Waals surface area contributed by atoms with Crippen LogP contribution in [0, 0.1) is 0 Å². The fourth-order valence-corrected chi connectivity index (χ4v) is 2.82. The van der Waals surface area contributed by atoms with Crippen molar-refractivity contribution in [2.24, 2.45) is 0 Å². The number of ether oxygens (including phenoxy) is 1. The standard InChI is InChI=1S/C21H26BNO4/c1-20(2)21(3,4)27-22(26-20)17-10-6-15(7-11-17)14-23-18-12-8-16(9-13-18)19(24)25-5/h6-13,23H,14H2,1-5H3. The molecule has 0 saturated carbocycles. The lowest BCUT2D eigenvalue weighted by molar-refractivity contribution is 0.00578. The highest BCUT2D eigenvalue weighted by Crippen LogP contribution is 2.36. The van der Waals surface area contributed by atoms with Crippen LogP contribution in [0.2, 0.25) is 0 Å². The van der Waals surface area contributed by atoms with Gasteiger partial charge < -0.3 is 19.4 Å². The van der Waals surface area contributed by atoms with E-state index in [4.69, 9.17) is 14.0 Å². The van der Waals surface area contributed by atoms with Crippen LogP contribution in [0.15, 0.2) is 48.5 Å². The van der Waals surface area contributed by atoms with Crippen molar-refractivity contribution in [2.75, 3.05) is 12.4 Å². The summed E-state index contributed by atoms with van der Waals surface area (Å²) < 4.78 is 16.9. The summed E-state index contributed by atoms with van der Waals surface area (Å²) in [6.45, 7) is 8.89. The first-order chi connectivity index (χ1) is 12.7. The monoisotopic (exact) mass is 367 g/mol. The second-order valence-corrected chi connectivity index (χ2v) is 7.75. The number of hydrogen-bond donors (Lipinski definition) is 1. The Morgan fingerprint density at radius 1 is 0.963 bits per heavy atom. The van der Waals surface area contributed by atoms with Gasteiger partial charge in [0.1, 0.15) is 0 Å². The van der Waals surface area contributed by atoms with E-state index in [1.54, 1.807) is 12.1 Å². The van der Waals surface area contributed by atoms with Gasteiger partial charge in [0.15, 0.2) is 0 Å². The van der Waals surface area contributed by atoms with Crippen LogP contribution in [0.25, 0.3) is 0 Å². The van der Waals surface area contributed by atoms with Crippen molar-refractivity contribution in [2.45, 2.75) is 45.4 Å². The molecule has 0 spiro atoms. The van der Waals surface area contributed by atoms with Gasteiger partial charge >= 0.3 is 13.1 Å². The molecule has 1 fully saturated rings. The molecule has 142 valence electrons. The Labute approximate surface area is 161 Å². The molecule has 0 radical (unpaired) electrons. The first-order valence-electron chi connectivity index (χ1n) is 9.08. The average Bonchev–Trinajstić information content (AvgIpc) is 2.87. The second-order valence-electron chi connectivity index (χ2n) is 7.75. The van der Waals surface area contributed by atoms with Gasteiger partial charge in [-0.25, -0.2) is 4.79 Å². The number of nitrogens with one attached hydrogen (secondary N) is 1. The van der Waals surface area contributed by atoms with E-state index in [1.807, 2.05) is 24.3 Å². The lowest BCUT2D eigenvalue weighted by Crippen LogP contribution is -2.41. The summed E-state index contributed by atoms with van der Waals surface area (Å²) in [6.07, 6.45) is 0. The number of benzene rings is 2. The summed E-state index contributed by atoms with van der Waals surface area (Å²) in [7, 11) is 1.03. The highest BCUT2D eigenvalue weighted by molar-refractivity contribution is 6.62. The van der Waals surface area contributed by atoms with Crippen LogP contribution in [0.4, 0.5) is 5.69 Å². The van der Waals surface area contributed by atoms with Gasteiger partial charge in [-0.1, -0.05) is 24.3 Å². The summed E-state index contributed by atoms with van der Waals surface area (Å²) in [5, 5.41) is 3.35. The molecule has 0 aromatic heterocycles. The predicted molar refractivity (Wildman–Crippen MR) is 107 cm³/mol. The lowest BCUT2D eigenvalue weighted by Gasteiger charge is -2.32. The van der Waals surface area contributed by atoms with E-state index >= 15 is 0 Å². The van der Waals surface area contributed by atoms with Gasteiger partial charge in [0, 0.05) is 12.2 Å². The number of methoxy groups -OCH3 is 1. The Kier molecular flexibility index (Phi) is 5.31. The molecule has 2 aromatic rings. The first-order valence-corrected chi connectivity index (χ1v) is 9.08. The maximum atomic E-state index is 11.5. The molecule has 1 saturated heterocycles. The average molecular weight is 367 g/mol. The Morgan fingerprint density at radius 2 is 1.52 bits per heavy atom. The smallest absolute Gasteiger partial charge is 0.465 e. The van der Waals surface area contributed by atoms with Crippen molar-refractivity contribution < 1.29 is 18.8 Å². The van der Waals surface area contributed by atoms with E-state index in [0.717, 1.165) is 16.7 Å². The zero-order valence-electron chi connectivity index (χ0n) is 16.5. The minimum absolute atomic E-state index is 0.333. The number of anilines is 1. The number of rotatable bonds is 5. The Bertz CT molecular complexity index is 784. The van der Waals surface area contributed by atoms with Crippen LogP contribution < -0.4 is 10.8 Å². The summed E-state index contributed by atoms with van der Waals surface area (Å²) in [4.78, 5) is 11.5. The van der Waals surface area contributed by atoms with Crippen LogP contribution in [-0.2, 0) is 20.6 Å². The van der Waals surface area contributed by atoms with Gasteiger partial charge in [-0.2, -0.15) is 0 Å². The topological polar surface area (TPSA) is 56.8 Å². The first kappa shape index (κ1) is 19.5. The molecule has 3 rings (SSSR count). The SMILES string of the molecule is COC(=O)c1ccc(NCc2ccc(B3OC(C)(C)C(C)(C)O3)cc2)cc1. The molecule has 1 N–H and O–H groups in total. The van der Waals surface area contributed by atoms with Crippen molar-refractivity contribution in [1.29, 1.82) is 0 Å². The zero-order valence-corrected chi connectivity index (χ0v) is 16.5. The number of hydrogen-bond acceptors (Lipinski definition) is 5. The van der Waals surface area contributed by atoms with Crippen molar-refractivity contribution >= 4 is 24.2 Å². The van der Waals surface area contributed by atoms with Crippen molar-refractivity contribution in [3.05, 3.63) is 59.7 Å². The van der Waals surface area contributed by atoms with E-state index in [2.05, 4.69) is 45.1 Å². The van der Waals surface area contributed by atoms with Gasteiger partial charge in [0.2, 0.25) is 0 Å². The molecule has 1 aliphatic rings. The van der Waals surface area contributed by atoms with Crippen LogP contribution in [-0.4, -0.2) is 31.4 Å². The van der Waals surface area contributed by atoms with Crippen LogP contribution in [0.3, 0.4) is 0 Å². The van der Waals surface area contributed by atoms with Gasteiger partial charge in [0.25, 0.3) is 0 Å². The van der Waals surface area contributed by atoms with E-state index in [9.17, 15) is 4.79 Å². The predicted octanol–water partition coefficient (Wildman–Crippen LogP) is 3.38. The molecule has 5 nitrogen and oxygen atoms in total. The lowest BCUT2D eigenvalue weighted by atomic mass is 9.79. The van der Waals surface area contributed by atoms with Crippen molar-refractivity contribution in [3.8, 4) is 0 Å². The summed E-state index contributed by atoms with van der Waals surface area (Å²) in [5.74, 6) is -0.333. The molecule has 1 aliphatic heterocycles. The maximum absolute atomic E-state index is 11.5. The molecule has 0 amide bonds. The maximum Gasteiger partial charge on any atom is 0.494 e. The van der Waals surface area contributed by atoms with E-state index in [0.29, 0.717) is 12.1 Å². The Morgan fingerprint density at radius 3 is 2.04 bits per heavy atom. The summed E-state index contributed by atoms with van der Waals surface area (Å²) in [6, 6.07) is 15.4. The van der Waals surface area contributed by atoms with Crippen LogP contribution in [0.1, 0.15) is 43.6 Å². The third-order valence-electron chi connectivity index (χ3n) is 5.31. The number of carbonyl (C=O) groups excluding carboxylic acids is 1. The van der Waals surface area contributed by atoms with E-state index in [-0.39, 0.29) is 24.3 Å².